The van der Waals surface area contributed by atoms with E-state index in [1.807, 2.05) is 31.2 Å². The summed E-state index contributed by atoms with van der Waals surface area (Å²) in [5.74, 6) is 1.23. The van der Waals surface area contributed by atoms with Crippen LogP contribution in [0.15, 0.2) is 42.5 Å². The van der Waals surface area contributed by atoms with Crippen molar-refractivity contribution >= 4 is 27.5 Å². The van der Waals surface area contributed by atoms with E-state index in [9.17, 15) is 18.0 Å². The molecule has 1 atom stereocenters. The Labute approximate surface area is 231 Å². The third-order valence-electron chi connectivity index (χ3n) is 6.45. The second-order valence-electron chi connectivity index (χ2n) is 9.46. The molecule has 1 aliphatic rings. The van der Waals surface area contributed by atoms with Crippen LogP contribution in [0.5, 0.6) is 17.2 Å². The van der Waals surface area contributed by atoms with Gasteiger partial charge in [0.2, 0.25) is 21.8 Å². The van der Waals surface area contributed by atoms with Crippen LogP contribution < -0.4 is 23.8 Å². The number of sulfonamides is 1. The van der Waals surface area contributed by atoms with Crippen molar-refractivity contribution in [1.29, 1.82) is 0 Å². The minimum Gasteiger partial charge on any atom is -0.497 e. The standard InChI is InChI=1S/C28H39N3O7S/c1-5-6-14-29-28(33)21(2)30(20-22-9-7-10-24(18-22)36-3)27(32)11-8-15-31(39(4,34)35)23-12-13-25-26(19-23)38-17-16-37-25/h7,9-10,12-13,18-19,21H,5-6,8,11,14-17,20H2,1-4H3,(H,29,33)/t21-/m0/s1. The number of unbranched alkanes of at least 4 members (excludes halogenated alkanes) is 1. The molecule has 2 aromatic rings. The van der Waals surface area contributed by atoms with Crippen LogP contribution in [-0.2, 0) is 26.2 Å². The molecule has 2 amide bonds. The highest BCUT2D eigenvalue weighted by atomic mass is 32.2. The Kier molecular flexibility index (Phi) is 10.8. The van der Waals surface area contributed by atoms with Gasteiger partial charge in [-0.15, -0.1) is 0 Å². The minimum absolute atomic E-state index is 0.0626. The van der Waals surface area contributed by atoms with Crippen LogP contribution in [-0.4, -0.2) is 70.8 Å². The zero-order valence-corrected chi connectivity index (χ0v) is 24.0. The fraction of sp³-hybridized carbons (Fsp3) is 0.500. The van der Waals surface area contributed by atoms with Crippen molar-refractivity contribution in [2.75, 3.05) is 44.0 Å². The maximum absolute atomic E-state index is 13.4. The van der Waals surface area contributed by atoms with E-state index in [2.05, 4.69) is 5.32 Å². The first-order valence-corrected chi connectivity index (χ1v) is 15.1. The quantitative estimate of drug-likeness (QED) is 0.352. The molecule has 1 N–H and O–H groups in total. The summed E-state index contributed by atoms with van der Waals surface area (Å²) in [7, 11) is -2.06. The van der Waals surface area contributed by atoms with Crippen molar-refractivity contribution in [3.63, 3.8) is 0 Å². The van der Waals surface area contributed by atoms with Gasteiger partial charge in [0.25, 0.3) is 0 Å². The number of hydrogen-bond acceptors (Lipinski definition) is 7. The summed E-state index contributed by atoms with van der Waals surface area (Å²) in [5, 5.41) is 2.90. The van der Waals surface area contributed by atoms with Gasteiger partial charge in [0, 0.05) is 32.1 Å². The number of nitrogens with one attached hydrogen (secondary N) is 1. The first kappa shape index (κ1) is 30.1. The molecule has 1 aliphatic heterocycles. The first-order valence-electron chi connectivity index (χ1n) is 13.2. The lowest BCUT2D eigenvalue weighted by Gasteiger charge is -2.29. The second kappa shape index (κ2) is 14.1. The zero-order chi connectivity index (χ0) is 28.4. The van der Waals surface area contributed by atoms with Crippen LogP contribution in [0.25, 0.3) is 0 Å². The SMILES string of the molecule is CCCCNC(=O)[C@H](C)N(Cc1cccc(OC)c1)C(=O)CCCN(c1ccc2c(c1)OCCO2)S(C)(=O)=O. The van der Waals surface area contributed by atoms with Gasteiger partial charge in [-0.05, 0) is 49.6 Å². The monoisotopic (exact) mass is 561 g/mol. The van der Waals surface area contributed by atoms with Crippen molar-refractivity contribution in [2.24, 2.45) is 0 Å². The fourth-order valence-electron chi connectivity index (χ4n) is 4.28. The van der Waals surface area contributed by atoms with Crippen molar-refractivity contribution in [1.82, 2.24) is 10.2 Å². The molecule has 10 nitrogen and oxygen atoms in total. The molecule has 214 valence electrons. The Morgan fingerprint density at radius 3 is 2.51 bits per heavy atom. The minimum atomic E-state index is -3.63. The first-order chi connectivity index (χ1) is 18.6. The van der Waals surface area contributed by atoms with Crippen LogP contribution >= 0.6 is 0 Å². The fourth-order valence-corrected chi connectivity index (χ4v) is 5.23. The molecule has 39 heavy (non-hydrogen) atoms. The van der Waals surface area contributed by atoms with E-state index in [4.69, 9.17) is 14.2 Å². The Balaban J connectivity index is 1.73. The Morgan fingerprint density at radius 2 is 1.82 bits per heavy atom. The van der Waals surface area contributed by atoms with Gasteiger partial charge in [-0.2, -0.15) is 0 Å². The third-order valence-corrected chi connectivity index (χ3v) is 7.64. The Bertz CT molecular complexity index is 1240. The van der Waals surface area contributed by atoms with Gasteiger partial charge in [0.1, 0.15) is 25.0 Å². The molecule has 0 spiro atoms. The molecule has 0 saturated carbocycles. The smallest absolute Gasteiger partial charge is 0.242 e. The molecule has 0 aliphatic carbocycles. The summed E-state index contributed by atoms with van der Waals surface area (Å²) < 4.78 is 43.0. The molecule has 0 bridgehead atoms. The summed E-state index contributed by atoms with van der Waals surface area (Å²) in [6.45, 7) is 5.42. The predicted molar refractivity (Wildman–Crippen MR) is 150 cm³/mol. The summed E-state index contributed by atoms with van der Waals surface area (Å²) in [4.78, 5) is 27.8. The van der Waals surface area contributed by atoms with Gasteiger partial charge in [0.05, 0.1) is 19.1 Å². The molecule has 0 radical (unpaired) electrons. The van der Waals surface area contributed by atoms with E-state index in [0.717, 1.165) is 24.7 Å². The third kappa shape index (κ3) is 8.51. The number of methoxy groups -OCH3 is 1. The van der Waals surface area contributed by atoms with Crippen molar-refractivity contribution < 1.29 is 32.2 Å². The zero-order valence-electron chi connectivity index (χ0n) is 23.1. The number of fused-ring (bicyclic) bond motifs is 1. The predicted octanol–water partition coefficient (Wildman–Crippen LogP) is 3.35. The van der Waals surface area contributed by atoms with E-state index in [1.54, 1.807) is 32.2 Å². The Morgan fingerprint density at radius 1 is 1.08 bits per heavy atom. The summed E-state index contributed by atoms with van der Waals surface area (Å²) in [6.07, 6.45) is 3.25. The van der Waals surface area contributed by atoms with E-state index < -0.39 is 16.1 Å². The molecule has 0 aromatic heterocycles. The molecule has 11 heteroatoms. The van der Waals surface area contributed by atoms with Crippen molar-refractivity contribution in [3.8, 4) is 17.2 Å². The van der Waals surface area contributed by atoms with E-state index >= 15 is 0 Å². The average Bonchev–Trinajstić information content (AvgIpc) is 2.92. The number of rotatable bonds is 14. The molecular formula is C28H39N3O7S. The molecule has 3 rings (SSSR count). The lowest BCUT2D eigenvalue weighted by molar-refractivity contribution is -0.140. The normalized spacial score (nSPS) is 13.3. The number of anilines is 1. The van der Waals surface area contributed by atoms with Crippen LogP contribution in [0, 0.1) is 0 Å². The number of amides is 2. The van der Waals surface area contributed by atoms with Crippen molar-refractivity contribution in [2.45, 2.75) is 52.1 Å². The molecule has 2 aromatic carbocycles. The van der Waals surface area contributed by atoms with Gasteiger partial charge in [0.15, 0.2) is 11.5 Å². The number of carbonyl (C=O) groups is 2. The maximum atomic E-state index is 13.4. The summed E-state index contributed by atoms with van der Waals surface area (Å²) in [6, 6.07) is 11.6. The van der Waals surface area contributed by atoms with Gasteiger partial charge < -0.3 is 24.4 Å². The van der Waals surface area contributed by atoms with Gasteiger partial charge in [-0.25, -0.2) is 8.42 Å². The highest BCUT2D eigenvalue weighted by molar-refractivity contribution is 7.92. The molecular weight excluding hydrogens is 522 g/mol. The van der Waals surface area contributed by atoms with Gasteiger partial charge in [-0.1, -0.05) is 25.5 Å². The summed E-state index contributed by atoms with van der Waals surface area (Å²) >= 11 is 0. The lowest BCUT2D eigenvalue weighted by Crippen LogP contribution is -2.48. The molecule has 0 fully saturated rings. The number of carbonyl (C=O) groups excluding carboxylic acids is 2. The van der Waals surface area contributed by atoms with Crippen LogP contribution in [0.4, 0.5) is 5.69 Å². The molecule has 0 saturated heterocycles. The highest BCUT2D eigenvalue weighted by Crippen LogP contribution is 2.34. The maximum Gasteiger partial charge on any atom is 0.242 e. The lowest BCUT2D eigenvalue weighted by atomic mass is 10.1. The van der Waals surface area contributed by atoms with Crippen molar-refractivity contribution in [3.05, 3.63) is 48.0 Å². The number of nitrogens with zero attached hydrogens (tertiary/aromatic N) is 2. The van der Waals surface area contributed by atoms with E-state index in [1.165, 1.54) is 9.21 Å². The average molecular weight is 562 g/mol. The Hall–Kier alpha value is -3.47. The van der Waals surface area contributed by atoms with E-state index in [-0.39, 0.29) is 37.7 Å². The number of ether oxygens (including phenoxy) is 3. The van der Waals surface area contributed by atoms with E-state index in [0.29, 0.717) is 42.7 Å². The molecule has 0 unspecified atom stereocenters. The largest absolute Gasteiger partial charge is 0.497 e. The topological polar surface area (TPSA) is 114 Å². The van der Waals surface area contributed by atoms with Crippen LogP contribution in [0.1, 0.15) is 45.1 Å². The van der Waals surface area contributed by atoms with Crippen LogP contribution in [0.2, 0.25) is 0 Å². The molecule has 1 heterocycles. The van der Waals surface area contributed by atoms with Gasteiger partial charge >= 0.3 is 0 Å². The second-order valence-corrected chi connectivity index (χ2v) is 11.4. The highest BCUT2D eigenvalue weighted by Gasteiger charge is 2.27. The number of benzene rings is 2. The summed E-state index contributed by atoms with van der Waals surface area (Å²) in [5.41, 5.74) is 1.26. The number of hydrogen-bond donors (Lipinski definition) is 1. The van der Waals surface area contributed by atoms with Gasteiger partial charge in [-0.3, -0.25) is 13.9 Å². The van der Waals surface area contributed by atoms with Crippen LogP contribution in [0.3, 0.4) is 0 Å².